The van der Waals surface area contributed by atoms with Gasteiger partial charge in [-0.05, 0) is 31.0 Å². The van der Waals surface area contributed by atoms with E-state index >= 15 is 0 Å². The number of nitriles is 1. The van der Waals surface area contributed by atoms with Gasteiger partial charge in [0.15, 0.2) is 0 Å². The van der Waals surface area contributed by atoms with Gasteiger partial charge in [0.05, 0.1) is 23.8 Å². The summed E-state index contributed by atoms with van der Waals surface area (Å²) in [4.78, 5) is 0. The van der Waals surface area contributed by atoms with E-state index in [9.17, 15) is 13.2 Å². The van der Waals surface area contributed by atoms with Crippen molar-refractivity contribution < 1.29 is 17.9 Å². The molecule has 1 aromatic carbocycles. The molecule has 0 radical (unpaired) electrons. The molecule has 0 aromatic heterocycles. The van der Waals surface area contributed by atoms with Crippen LogP contribution < -0.4 is 4.74 Å². The molecule has 0 saturated heterocycles. The van der Waals surface area contributed by atoms with Crippen molar-refractivity contribution in [1.82, 2.24) is 0 Å². The van der Waals surface area contributed by atoms with E-state index in [1.807, 2.05) is 0 Å². The zero-order valence-electron chi connectivity index (χ0n) is 9.43. The van der Waals surface area contributed by atoms with Gasteiger partial charge in [-0.25, -0.2) is 0 Å². The molecule has 0 bridgehead atoms. The van der Waals surface area contributed by atoms with E-state index in [1.165, 1.54) is 12.1 Å². The third kappa shape index (κ3) is 4.22. The minimum absolute atomic E-state index is 0.135. The number of benzene rings is 1. The topological polar surface area (TPSA) is 33.0 Å². The zero-order valence-corrected chi connectivity index (χ0v) is 11.0. The van der Waals surface area contributed by atoms with Crippen molar-refractivity contribution >= 4 is 15.9 Å². The van der Waals surface area contributed by atoms with Crippen LogP contribution in [0.25, 0.3) is 0 Å². The molecule has 0 N–H and O–H groups in total. The van der Waals surface area contributed by atoms with Gasteiger partial charge in [0, 0.05) is 5.33 Å². The molecular formula is C12H11BrF3NO. The van der Waals surface area contributed by atoms with Gasteiger partial charge in [-0.2, -0.15) is 18.4 Å². The summed E-state index contributed by atoms with van der Waals surface area (Å²) < 4.78 is 43.1. The molecule has 0 heterocycles. The van der Waals surface area contributed by atoms with Gasteiger partial charge in [0.2, 0.25) is 0 Å². The predicted molar refractivity (Wildman–Crippen MR) is 64.7 cm³/mol. The molecule has 0 unspecified atom stereocenters. The number of ether oxygens (including phenoxy) is 1. The fraction of sp³-hybridized carbons (Fsp3) is 0.417. The van der Waals surface area contributed by atoms with E-state index in [1.54, 1.807) is 0 Å². The Bertz CT molecular complexity index is 440. The largest absolute Gasteiger partial charge is 0.494 e. The molecule has 0 atom stereocenters. The Morgan fingerprint density at radius 3 is 2.56 bits per heavy atom. The molecule has 0 aliphatic heterocycles. The number of rotatable bonds is 5. The summed E-state index contributed by atoms with van der Waals surface area (Å²) in [7, 11) is 0. The van der Waals surface area contributed by atoms with E-state index in [0.29, 0.717) is 6.61 Å². The summed E-state index contributed by atoms with van der Waals surface area (Å²) in [6, 6.07) is 4.90. The van der Waals surface area contributed by atoms with Crippen LogP contribution in [-0.4, -0.2) is 11.9 Å². The molecule has 1 rings (SSSR count). The van der Waals surface area contributed by atoms with Crippen molar-refractivity contribution in [2.45, 2.75) is 19.0 Å². The van der Waals surface area contributed by atoms with Crippen molar-refractivity contribution in [3.63, 3.8) is 0 Å². The minimum atomic E-state index is -4.54. The van der Waals surface area contributed by atoms with Gasteiger partial charge in [-0.1, -0.05) is 15.9 Å². The van der Waals surface area contributed by atoms with E-state index in [2.05, 4.69) is 15.9 Å². The molecule has 18 heavy (non-hydrogen) atoms. The average Bonchev–Trinajstić information content (AvgIpc) is 2.33. The summed E-state index contributed by atoms with van der Waals surface area (Å²) >= 11 is 3.25. The third-order valence-electron chi connectivity index (χ3n) is 2.21. The number of hydrogen-bond acceptors (Lipinski definition) is 2. The van der Waals surface area contributed by atoms with Crippen LogP contribution in [0, 0.1) is 11.3 Å². The molecule has 0 aliphatic carbocycles. The number of hydrogen-bond donors (Lipinski definition) is 0. The fourth-order valence-electron chi connectivity index (χ4n) is 1.33. The summed E-state index contributed by atoms with van der Waals surface area (Å²) in [5, 5.41) is 9.45. The van der Waals surface area contributed by atoms with Gasteiger partial charge in [0.25, 0.3) is 0 Å². The van der Waals surface area contributed by atoms with Crippen LogP contribution in [0.15, 0.2) is 18.2 Å². The van der Waals surface area contributed by atoms with Crippen molar-refractivity contribution in [3.8, 4) is 11.8 Å². The summed E-state index contributed by atoms with van der Waals surface area (Å²) in [5.41, 5.74) is -1.35. The maximum atomic E-state index is 12.6. The van der Waals surface area contributed by atoms with Crippen LogP contribution in [0.1, 0.15) is 24.0 Å². The molecule has 1 aromatic rings. The molecule has 0 saturated carbocycles. The standard InChI is InChI=1S/C12H11BrF3NO/c13-5-1-2-6-18-10-4-3-9(8-17)11(7-10)12(14,15)16/h3-4,7H,1-2,5-6H2. The lowest BCUT2D eigenvalue weighted by atomic mass is 10.1. The number of nitrogens with zero attached hydrogens (tertiary/aromatic N) is 1. The van der Waals surface area contributed by atoms with Gasteiger partial charge >= 0.3 is 6.18 Å². The van der Waals surface area contributed by atoms with Crippen molar-refractivity contribution in [2.24, 2.45) is 0 Å². The Balaban J connectivity index is 2.81. The Morgan fingerprint density at radius 1 is 1.28 bits per heavy atom. The van der Waals surface area contributed by atoms with E-state index in [4.69, 9.17) is 10.00 Å². The highest BCUT2D eigenvalue weighted by molar-refractivity contribution is 9.09. The normalized spacial score (nSPS) is 11.1. The summed E-state index contributed by atoms with van der Waals surface area (Å²) in [5.74, 6) is 0.135. The highest BCUT2D eigenvalue weighted by atomic mass is 79.9. The smallest absolute Gasteiger partial charge is 0.417 e. The SMILES string of the molecule is N#Cc1ccc(OCCCCBr)cc1C(F)(F)F. The molecule has 0 fully saturated rings. The highest BCUT2D eigenvalue weighted by Gasteiger charge is 2.34. The first-order valence-corrected chi connectivity index (χ1v) is 6.41. The molecule has 2 nitrogen and oxygen atoms in total. The van der Waals surface area contributed by atoms with Crippen LogP contribution in [0.2, 0.25) is 0 Å². The monoisotopic (exact) mass is 321 g/mol. The lowest BCUT2D eigenvalue weighted by Crippen LogP contribution is -2.08. The lowest BCUT2D eigenvalue weighted by molar-refractivity contribution is -0.137. The second kappa shape index (κ2) is 6.64. The van der Waals surface area contributed by atoms with E-state index in [-0.39, 0.29) is 5.75 Å². The Kier molecular flexibility index (Phi) is 5.48. The van der Waals surface area contributed by atoms with Gasteiger partial charge in [0.1, 0.15) is 5.75 Å². The maximum Gasteiger partial charge on any atom is 0.417 e. The van der Waals surface area contributed by atoms with Crippen LogP contribution in [0.4, 0.5) is 13.2 Å². The first-order valence-electron chi connectivity index (χ1n) is 5.29. The van der Waals surface area contributed by atoms with Crippen molar-refractivity contribution in [2.75, 3.05) is 11.9 Å². The quantitative estimate of drug-likeness (QED) is 0.603. The molecule has 0 aliphatic rings. The Morgan fingerprint density at radius 2 is 2.00 bits per heavy atom. The number of unbranched alkanes of at least 4 members (excludes halogenated alkanes) is 1. The van der Waals surface area contributed by atoms with Crippen LogP contribution in [0.3, 0.4) is 0 Å². The van der Waals surface area contributed by atoms with Gasteiger partial charge in [-0.3, -0.25) is 0 Å². The lowest BCUT2D eigenvalue weighted by Gasteiger charge is -2.11. The number of alkyl halides is 4. The van der Waals surface area contributed by atoms with Crippen molar-refractivity contribution in [3.05, 3.63) is 29.3 Å². The Labute approximate surface area is 111 Å². The highest BCUT2D eigenvalue weighted by Crippen LogP contribution is 2.34. The average molecular weight is 322 g/mol. The molecule has 0 spiro atoms. The first kappa shape index (κ1) is 14.8. The third-order valence-corrected chi connectivity index (χ3v) is 2.77. The molecule has 0 amide bonds. The zero-order chi connectivity index (χ0) is 13.6. The summed E-state index contributed by atoms with van der Waals surface area (Å²) in [6.07, 6.45) is -2.89. The second-order valence-electron chi connectivity index (χ2n) is 3.56. The Hall–Kier alpha value is -1.22. The van der Waals surface area contributed by atoms with Crippen molar-refractivity contribution in [1.29, 1.82) is 5.26 Å². The molecule has 98 valence electrons. The molecular weight excluding hydrogens is 311 g/mol. The van der Waals surface area contributed by atoms with Crippen LogP contribution in [0.5, 0.6) is 5.75 Å². The minimum Gasteiger partial charge on any atom is -0.494 e. The van der Waals surface area contributed by atoms with Crippen LogP contribution in [-0.2, 0) is 6.18 Å². The van der Waals surface area contributed by atoms with Crippen LogP contribution >= 0.6 is 15.9 Å². The van der Waals surface area contributed by atoms with E-state index < -0.39 is 17.3 Å². The maximum absolute atomic E-state index is 12.6. The van der Waals surface area contributed by atoms with E-state index in [0.717, 1.165) is 30.3 Å². The predicted octanol–water partition coefficient (Wildman–Crippen LogP) is 4.13. The second-order valence-corrected chi connectivity index (χ2v) is 4.35. The molecule has 6 heteroatoms. The summed E-state index contributed by atoms with van der Waals surface area (Å²) in [6.45, 7) is 0.356. The van der Waals surface area contributed by atoms with Gasteiger partial charge in [-0.15, -0.1) is 0 Å². The fourth-order valence-corrected chi connectivity index (χ4v) is 1.73. The van der Waals surface area contributed by atoms with Gasteiger partial charge < -0.3 is 4.74 Å². The number of halogens is 4. The first-order chi connectivity index (χ1) is 8.49.